The summed E-state index contributed by atoms with van der Waals surface area (Å²) >= 11 is 0. The topological polar surface area (TPSA) is 71.9 Å². The van der Waals surface area contributed by atoms with Gasteiger partial charge in [-0.2, -0.15) is 0 Å². The molecule has 2 aromatic heterocycles. The number of fused-ring (bicyclic) bond motifs is 1. The second-order valence-electron chi connectivity index (χ2n) is 6.04. The zero-order chi connectivity index (χ0) is 17.9. The molecule has 4 rings (SSSR count). The smallest absolute Gasteiger partial charge is 0.274 e. The van der Waals surface area contributed by atoms with E-state index in [0.29, 0.717) is 31.6 Å². The Balaban J connectivity index is 1.61. The summed E-state index contributed by atoms with van der Waals surface area (Å²) in [5.41, 5.74) is 3.91. The van der Waals surface area contributed by atoms with Gasteiger partial charge in [-0.25, -0.2) is 19.3 Å². The van der Waals surface area contributed by atoms with Crippen LogP contribution in [-0.2, 0) is 12.8 Å². The molecule has 0 unspecified atom stereocenters. The Labute approximate surface area is 149 Å². The third kappa shape index (κ3) is 3.15. The molecule has 1 amide bonds. The summed E-state index contributed by atoms with van der Waals surface area (Å²) < 4.78 is 13.2. The molecule has 6 nitrogen and oxygen atoms in total. The molecule has 0 atom stereocenters. The number of halogens is 1. The van der Waals surface area contributed by atoms with Gasteiger partial charge in [0.2, 0.25) is 0 Å². The van der Waals surface area contributed by atoms with Crippen molar-refractivity contribution in [3.05, 3.63) is 72.0 Å². The molecule has 0 radical (unpaired) electrons. The molecule has 0 N–H and O–H groups in total. The molecule has 1 aromatic carbocycles. The van der Waals surface area contributed by atoms with Gasteiger partial charge in [0.15, 0.2) is 0 Å². The molecule has 130 valence electrons. The molecule has 0 aliphatic carbocycles. The normalized spacial score (nSPS) is 13.8. The van der Waals surface area contributed by atoms with Crippen molar-refractivity contribution < 1.29 is 9.18 Å². The van der Waals surface area contributed by atoms with Crippen LogP contribution in [-0.4, -0.2) is 43.8 Å². The van der Waals surface area contributed by atoms with Crippen molar-refractivity contribution >= 4 is 5.91 Å². The van der Waals surface area contributed by atoms with Crippen LogP contribution in [0.1, 0.15) is 21.7 Å². The number of aromatic nitrogens is 4. The van der Waals surface area contributed by atoms with E-state index in [9.17, 15) is 9.18 Å². The number of carbonyl (C=O) groups excluding carboxylic acids is 1. The average molecular weight is 349 g/mol. The van der Waals surface area contributed by atoms with Crippen LogP contribution in [0.4, 0.5) is 4.39 Å². The van der Waals surface area contributed by atoms with E-state index in [-0.39, 0.29) is 11.7 Å². The van der Waals surface area contributed by atoms with Gasteiger partial charge in [0.25, 0.3) is 5.91 Å². The Morgan fingerprint density at radius 2 is 1.81 bits per heavy atom. The van der Waals surface area contributed by atoms with Crippen LogP contribution in [0.25, 0.3) is 11.3 Å². The maximum atomic E-state index is 13.2. The first kappa shape index (κ1) is 16.3. The summed E-state index contributed by atoms with van der Waals surface area (Å²) in [5, 5.41) is 0. The van der Waals surface area contributed by atoms with Crippen LogP contribution < -0.4 is 0 Å². The zero-order valence-corrected chi connectivity index (χ0v) is 14.0. The third-order valence-corrected chi connectivity index (χ3v) is 4.47. The number of benzene rings is 1. The Kier molecular flexibility index (Phi) is 4.35. The van der Waals surface area contributed by atoms with E-state index in [1.54, 1.807) is 23.2 Å². The number of nitrogens with zero attached hydrogens (tertiary/aromatic N) is 5. The number of rotatable bonds is 2. The van der Waals surface area contributed by atoms with Gasteiger partial charge < -0.3 is 4.90 Å². The molecule has 7 heteroatoms. The molecule has 0 bridgehead atoms. The zero-order valence-electron chi connectivity index (χ0n) is 14.0. The Bertz CT molecular complexity index is 930. The molecule has 26 heavy (non-hydrogen) atoms. The van der Waals surface area contributed by atoms with Crippen molar-refractivity contribution in [2.75, 3.05) is 13.1 Å². The predicted octanol–water partition coefficient (Wildman–Crippen LogP) is 2.31. The van der Waals surface area contributed by atoms with E-state index < -0.39 is 0 Å². The highest BCUT2D eigenvalue weighted by Crippen LogP contribution is 2.26. The summed E-state index contributed by atoms with van der Waals surface area (Å²) in [6.07, 6.45) is 7.33. The maximum absolute atomic E-state index is 13.2. The molecule has 0 saturated carbocycles. The van der Waals surface area contributed by atoms with Gasteiger partial charge in [-0.15, -0.1) is 0 Å². The highest BCUT2D eigenvalue weighted by molar-refractivity contribution is 5.92. The van der Waals surface area contributed by atoms with Crippen LogP contribution in [0.5, 0.6) is 0 Å². The van der Waals surface area contributed by atoms with Gasteiger partial charge in [-0.1, -0.05) is 0 Å². The standard InChI is InChI=1S/C19H16FN5O/c20-14-3-1-13(2-4-14)18-15-5-9-25(10-6-16(15)23-12-24-18)19(26)17-11-21-7-8-22-17/h1-4,7-8,11-12H,5-6,9-10H2. The molecular weight excluding hydrogens is 333 g/mol. The SMILES string of the molecule is O=C(c1cnccn1)N1CCc2ncnc(-c3ccc(F)cc3)c2CC1. The quantitative estimate of drug-likeness (QED) is 0.710. The lowest BCUT2D eigenvalue weighted by Crippen LogP contribution is -2.33. The van der Waals surface area contributed by atoms with Crippen LogP contribution in [0.15, 0.2) is 49.2 Å². The minimum Gasteiger partial charge on any atom is -0.337 e. The van der Waals surface area contributed by atoms with Gasteiger partial charge in [0.05, 0.1) is 11.9 Å². The fraction of sp³-hybridized carbons (Fsp3) is 0.211. The van der Waals surface area contributed by atoms with E-state index in [0.717, 1.165) is 22.5 Å². The van der Waals surface area contributed by atoms with Crippen molar-refractivity contribution in [3.63, 3.8) is 0 Å². The summed E-state index contributed by atoms with van der Waals surface area (Å²) in [6, 6.07) is 6.27. The molecule has 0 saturated heterocycles. The number of hydrogen-bond acceptors (Lipinski definition) is 5. The summed E-state index contributed by atoms with van der Waals surface area (Å²) in [6.45, 7) is 1.10. The summed E-state index contributed by atoms with van der Waals surface area (Å²) in [4.78, 5) is 31.3. The summed E-state index contributed by atoms with van der Waals surface area (Å²) in [5.74, 6) is -0.420. The first-order valence-corrected chi connectivity index (χ1v) is 8.36. The largest absolute Gasteiger partial charge is 0.337 e. The van der Waals surface area contributed by atoms with Crippen molar-refractivity contribution in [1.82, 2.24) is 24.8 Å². The minimum atomic E-state index is -0.283. The number of amides is 1. The Hall–Kier alpha value is -3.22. The third-order valence-electron chi connectivity index (χ3n) is 4.47. The van der Waals surface area contributed by atoms with Crippen molar-refractivity contribution in [1.29, 1.82) is 0 Å². The lowest BCUT2D eigenvalue weighted by Gasteiger charge is -2.19. The van der Waals surface area contributed by atoms with Gasteiger partial charge in [-0.05, 0) is 30.7 Å². The van der Waals surface area contributed by atoms with E-state index in [1.165, 1.54) is 30.9 Å². The van der Waals surface area contributed by atoms with E-state index in [1.807, 2.05) is 0 Å². The van der Waals surface area contributed by atoms with Gasteiger partial charge >= 0.3 is 0 Å². The summed E-state index contributed by atoms with van der Waals surface area (Å²) in [7, 11) is 0. The second-order valence-corrected chi connectivity index (χ2v) is 6.04. The molecule has 1 aliphatic heterocycles. The monoisotopic (exact) mass is 349 g/mol. The fourth-order valence-corrected chi connectivity index (χ4v) is 3.16. The van der Waals surface area contributed by atoms with Gasteiger partial charge in [0, 0.05) is 48.7 Å². The number of carbonyl (C=O) groups is 1. The van der Waals surface area contributed by atoms with Crippen LogP contribution >= 0.6 is 0 Å². The Morgan fingerprint density at radius 1 is 1.00 bits per heavy atom. The molecule has 0 spiro atoms. The molecule has 0 fully saturated rings. The van der Waals surface area contributed by atoms with Crippen LogP contribution in [0, 0.1) is 5.82 Å². The molecule has 3 heterocycles. The van der Waals surface area contributed by atoms with Gasteiger partial charge in [0.1, 0.15) is 17.8 Å². The highest BCUT2D eigenvalue weighted by Gasteiger charge is 2.23. The van der Waals surface area contributed by atoms with Crippen molar-refractivity contribution in [3.8, 4) is 11.3 Å². The molecule has 3 aromatic rings. The minimum absolute atomic E-state index is 0.137. The predicted molar refractivity (Wildman–Crippen MR) is 92.8 cm³/mol. The maximum Gasteiger partial charge on any atom is 0.274 e. The molecule has 1 aliphatic rings. The lowest BCUT2D eigenvalue weighted by molar-refractivity contribution is 0.0756. The van der Waals surface area contributed by atoms with Crippen molar-refractivity contribution in [2.24, 2.45) is 0 Å². The van der Waals surface area contributed by atoms with Crippen molar-refractivity contribution in [2.45, 2.75) is 12.8 Å². The first-order chi connectivity index (χ1) is 12.7. The lowest BCUT2D eigenvalue weighted by atomic mass is 10.0. The average Bonchev–Trinajstić information content (AvgIpc) is 2.91. The molecular formula is C19H16FN5O. The van der Waals surface area contributed by atoms with Crippen LogP contribution in [0.3, 0.4) is 0 Å². The highest BCUT2D eigenvalue weighted by atomic mass is 19.1. The van der Waals surface area contributed by atoms with E-state index >= 15 is 0 Å². The second kappa shape index (κ2) is 6.95. The van der Waals surface area contributed by atoms with Crippen LogP contribution in [0.2, 0.25) is 0 Å². The van der Waals surface area contributed by atoms with E-state index in [2.05, 4.69) is 19.9 Å². The Morgan fingerprint density at radius 3 is 2.58 bits per heavy atom. The van der Waals surface area contributed by atoms with Gasteiger partial charge in [-0.3, -0.25) is 9.78 Å². The first-order valence-electron chi connectivity index (χ1n) is 8.36. The fourth-order valence-electron chi connectivity index (χ4n) is 3.16. The van der Waals surface area contributed by atoms with E-state index in [4.69, 9.17) is 0 Å². The number of hydrogen-bond donors (Lipinski definition) is 0.